The molecule has 0 amide bonds. The van der Waals surface area contributed by atoms with Crippen LogP contribution in [0.5, 0.6) is 0 Å². The molecule has 0 aliphatic carbocycles. The van der Waals surface area contributed by atoms with Gasteiger partial charge in [0.05, 0.1) is 15.2 Å². The highest BCUT2D eigenvalue weighted by Crippen LogP contribution is 2.35. The molecule has 2 aromatic rings. The third-order valence-corrected chi connectivity index (χ3v) is 5.31. The van der Waals surface area contributed by atoms with Crippen LogP contribution in [0.1, 0.15) is 24.8 Å². The van der Waals surface area contributed by atoms with Gasteiger partial charge in [-0.2, -0.15) is 0 Å². The van der Waals surface area contributed by atoms with Crippen molar-refractivity contribution in [2.75, 3.05) is 13.1 Å². The van der Waals surface area contributed by atoms with Gasteiger partial charge in [0.25, 0.3) is 0 Å². The zero-order valence-corrected chi connectivity index (χ0v) is 12.9. The Labute approximate surface area is 120 Å². The molecule has 0 radical (unpaired) electrons. The minimum absolute atomic E-state index is 0.427. The number of piperidine rings is 1. The van der Waals surface area contributed by atoms with E-state index in [1.165, 1.54) is 22.5 Å². The van der Waals surface area contributed by atoms with Gasteiger partial charge >= 0.3 is 0 Å². The molecular weight excluding hydrogens is 308 g/mol. The van der Waals surface area contributed by atoms with Crippen LogP contribution in [0.2, 0.25) is 0 Å². The maximum atomic E-state index is 4.78. The van der Waals surface area contributed by atoms with Gasteiger partial charge in [0.15, 0.2) is 0 Å². The molecule has 0 saturated carbocycles. The molecule has 0 bridgehead atoms. The largest absolute Gasteiger partial charge is 0.317 e. The lowest BCUT2D eigenvalue weighted by molar-refractivity contribution is 0.228. The Morgan fingerprint density at radius 1 is 1.39 bits per heavy atom. The van der Waals surface area contributed by atoms with Crippen LogP contribution in [-0.4, -0.2) is 18.1 Å². The predicted molar refractivity (Wildman–Crippen MR) is 81.2 cm³/mol. The van der Waals surface area contributed by atoms with Crippen molar-refractivity contribution in [3.63, 3.8) is 0 Å². The van der Waals surface area contributed by atoms with Crippen molar-refractivity contribution >= 4 is 37.5 Å². The van der Waals surface area contributed by atoms with Crippen molar-refractivity contribution in [1.29, 1.82) is 0 Å². The maximum absolute atomic E-state index is 4.78. The predicted octanol–water partition coefficient (Wildman–Crippen LogP) is 3.99. The van der Waals surface area contributed by atoms with Crippen molar-refractivity contribution in [2.45, 2.75) is 26.2 Å². The van der Waals surface area contributed by atoms with Crippen LogP contribution in [-0.2, 0) is 6.42 Å². The van der Waals surface area contributed by atoms with Crippen molar-refractivity contribution in [1.82, 2.24) is 10.3 Å². The highest BCUT2D eigenvalue weighted by Gasteiger charge is 2.28. The summed E-state index contributed by atoms with van der Waals surface area (Å²) in [6, 6.07) is 6.36. The minimum atomic E-state index is 0.427. The van der Waals surface area contributed by atoms with Crippen LogP contribution in [0, 0.1) is 5.41 Å². The van der Waals surface area contributed by atoms with Gasteiger partial charge < -0.3 is 5.32 Å². The van der Waals surface area contributed by atoms with Gasteiger partial charge in [0.1, 0.15) is 0 Å². The van der Waals surface area contributed by atoms with E-state index >= 15 is 0 Å². The van der Waals surface area contributed by atoms with E-state index in [2.05, 4.69) is 46.4 Å². The molecule has 1 aromatic heterocycles. The Balaban J connectivity index is 1.86. The number of nitrogens with one attached hydrogen (secondary N) is 1. The van der Waals surface area contributed by atoms with Crippen LogP contribution in [0.25, 0.3) is 10.2 Å². The SMILES string of the molecule is CC1(Cc2nc3cc(Br)ccc3s2)CCNCC1. The van der Waals surface area contributed by atoms with Gasteiger partial charge in [-0.3, -0.25) is 0 Å². The van der Waals surface area contributed by atoms with E-state index in [1.54, 1.807) is 0 Å². The van der Waals surface area contributed by atoms with E-state index in [9.17, 15) is 0 Å². The number of halogens is 1. The lowest BCUT2D eigenvalue weighted by Crippen LogP contribution is -2.36. The van der Waals surface area contributed by atoms with Crippen molar-refractivity contribution in [2.24, 2.45) is 5.41 Å². The Hall–Kier alpha value is -0.450. The number of hydrogen-bond donors (Lipinski definition) is 1. The second-order valence-corrected chi connectivity index (χ2v) is 7.49. The molecule has 1 aliphatic heterocycles. The quantitative estimate of drug-likeness (QED) is 0.903. The lowest BCUT2D eigenvalue weighted by atomic mass is 9.78. The third-order valence-electron chi connectivity index (χ3n) is 3.78. The molecule has 1 N–H and O–H groups in total. The van der Waals surface area contributed by atoms with Gasteiger partial charge in [-0.25, -0.2) is 4.98 Å². The molecule has 1 saturated heterocycles. The van der Waals surface area contributed by atoms with Crippen LogP contribution in [0.3, 0.4) is 0 Å². The molecule has 96 valence electrons. The van der Waals surface area contributed by atoms with Gasteiger partial charge in [-0.1, -0.05) is 22.9 Å². The number of fused-ring (bicyclic) bond motifs is 1. The van der Waals surface area contributed by atoms with E-state index in [-0.39, 0.29) is 0 Å². The molecule has 1 fully saturated rings. The number of hydrogen-bond acceptors (Lipinski definition) is 3. The number of benzene rings is 1. The summed E-state index contributed by atoms with van der Waals surface area (Å²) in [7, 11) is 0. The van der Waals surface area contributed by atoms with Crippen molar-refractivity contribution in [3.05, 3.63) is 27.7 Å². The fraction of sp³-hybridized carbons (Fsp3) is 0.500. The smallest absolute Gasteiger partial charge is 0.0944 e. The summed E-state index contributed by atoms with van der Waals surface area (Å²) in [5.74, 6) is 0. The van der Waals surface area contributed by atoms with Crippen LogP contribution in [0.4, 0.5) is 0 Å². The molecule has 4 heteroatoms. The molecule has 18 heavy (non-hydrogen) atoms. The normalized spacial score (nSPS) is 19.2. The first kappa shape index (κ1) is 12.6. The first-order chi connectivity index (χ1) is 8.65. The molecule has 3 rings (SSSR count). The Kier molecular flexibility index (Phi) is 3.43. The number of nitrogens with zero attached hydrogens (tertiary/aromatic N) is 1. The highest BCUT2D eigenvalue weighted by atomic mass is 79.9. The molecule has 1 aromatic carbocycles. The fourth-order valence-corrected chi connectivity index (χ4v) is 4.11. The summed E-state index contributed by atoms with van der Waals surface area (Å²) in [6.45, 7) is 4.69. The molecule has 2 nitrogen and oxygen atoms in total. The number of aromatic nitrogens is 1. The molecule has 0 atom stereocenters. The zero-order chi connectivity index (χ0) is 12.6. The first-order valence-corrected chi connectivity index (χ1v) is 8.01. The Morgan fingerprint density at radius 2 is 2.17 bits per heavy atom. The van der Waals surface area contributed by atoms with Gasteiger partial charge in [0.2, 0.25) is 0 Å². The van der Waals surface area contributed by atoms with Gasteiger partial charge in [-0.05, 0) is 49.5 Å². The summed E-state index contributed by atoms with van der Waals surface area (Å²) in [4.78, 5) is 4.78. The van der Waals surface area contributed by atoms with Crippen LogP contribution in [0.15, 0.2) is 22.7 Å². The van der Waals surface area contributed by atoms with Crippen molar-refractivity contribution < 1.29 is 0 Å². The molecular formula is C14H17BrN2S. The van der Waals surface area contributed by atoms with E-state index in [0.717, 1.165) is 29.5 Å². The molecule has 2 heterocycles. The maximum Gasteiger partial charge on any atom is 0.0944 e. The van der Waals surface area contributed by atoms with E-state index in [0.29, 0.717) is 5.41 Å². The van der Waals surface area contributed by atoms with E-state index in [4.69, 9.17) is 4.98 Å². The average Bonchev–Trinajstić information content (AvgIpc) is 2.70. The Bertz CT molecular complexity index is 558. The average molecular weight is 325 g/mol. The molecule has 0 spiro atoms. The van der Waals surface area contributed by atoms with Crippen molar-refractivity contribution in [3.8, 4) is 0 Å². The monoisotopic (exact) mass is 324 g/mol. The molecule has 0 unspecified atom stereocenters. The van der Waals surface area contributed by atoms with E-state index < -0.39 is 0 Å². The lowest BCUT2D eigenvalue weighted by Gasteiger charge is -2.33. The highest BCUT2D eigenvalue weighted by molar-refractivity contribution is 9.10. The summed E-state index contributed by atoms with van der Waals surface area (Å²) < 4.78 is 2.41. The summed E-state index contributed by atoms with van der Waals surface area (Å²) >= 11 is 5.35. The topological polar surface area (TPSA) is 24.9 Å². The van der Waals surface area contributed by atoms with Gasteiger partial charge in [0, 0.05) is 10.9 Å². The Morgan fingerprint density at radius 3 is 2.94 bits per heavy atom. The van der Waals surface area contributed by atoms with E-state index in [1.807, 2.05) is 11.3 Å². The first-order valence-electron chi connectivity index (χ1n) is 6.40. The molecule has 1 aliphatic rings. The van der Waals surface area contributed by atoms with Gasteiger partial charge in [-0.15, -0.1) is 11.3 Å². The van der Waals surface area contributed by atoms with Crippen LogP contribution < -0.4 is 5.32 Å². The van der Waals surface area contributed by atoms with Crippen LogP contribution >= 0.6 is 27.3 Å². The fourth-order valence-electron chi connectivity index (χ4n) is 2.60. The second-order valence-electron chi connectivity index (χ2n) is 5.46. The number of thiazole rings is 1. The standard InChI is InChI=1S/C14H17BrN2S/c1-14(4-6-16-7-5-14)9-13-17-11-8-10(15)2-3-12(11)18-13/h2-3,8,16H,4-7,9H2,1H3. The minimum Gasteiger partial charge on any atom is -0.317 e. The summed E-state index contributed by atoms with van der Waals surface area (Å²) in [5.41, 5.74) is 1.55. The summed E-state index contributed by atoms with van der Waals surface area (Å²) in [6.07, 6.45) is 3.63. The number of rotatable bonds is 2. The zero-order valence-electron chi connectivity index (χ0n) is 10.5. The summed E-state index contributed by atoms with van der Waals surface area (Å²) in [5, 5.41) is 4.72. The third kappa shape index (κ3) is 2.60. The second kappa shape index (κ2) is 4.91.